The number of hydrogen-bond acceptors (Lipinski definition) is 2. The monoisotopic (exact) mass is 253 g/mol. The highest BCUT2D eigenvalue weighted by Crippen LogP contribution is 2.28. The van der Waals surface area contributed by atoms with E-state index >= 15 is 0 Å². The minimum absolute atomic E-state index is 0.0883. The lowest BCUT2D eigenvalue weighted by atomic mass is 9.85. The minimum Gasteiger partial charge on any atom is -0.356 e. The molecule has 0 aliphatic heterocycles. The molecule has 0 saturated heterocycles. The van der Waals surface area contributed by atoms with Crippen molar-refractivity contribution in [1.82, 2.24) is 16.0 Å². The van der Waals surface area contributed by atoms with Crippen LogP contribution in [0.5, 0.6) is 0 Å². The van der Waals surface area contributed by atoms with E-state index in [-0.39, 0.29) is 17.9 Å². The summed E-state index contributed by atoms with van der Waals surface area (Å²) in [5.41, 5.74) is 0. The van der Waals surface area contributed by atoms with E-state index in [2.05, 4.69) is 22.9 Å². The summed E-state index contributed by atoms with van der Waals surface area (Å²) in [6.45, 7) is 3.38. The summed E-state index contributed by atoms with van der Waals surface area (Å²) in [7, 11) is 0. The lowest BCUT2D eigenvalue weighted by Crippen LogP contribution is -2.39. The Morgan fingerprint density at radius 1 is 1.17 bits per heavy atom. The van der Waals surface area contributed by atoms with E-state index in [1.54, 1.807) is 0 Å². The molecule has 3 amide bonds. The normalized spacial score (nSPS) is 26.1. The van der Waals surface area contributed by atoms with Crippen molar-refractivity contribution < 1.29 is 9.59 Å². The van der Waals surface area contributed by atoms with Crippen LogP contribution in [0.4, 0.5) is 4.79 Å². The van der Waals surface area contributed by atoms with Crippen molar-refractivity contribution in [1.29, 1.82) is 0 Å². The molecule has 0 aromatic rings. The average Bonchev–Trinajstić information content (AvgIpc) is 2.91. The molecule has 0 heterocycles. The molecule has 2 aliphatic rings. The molecule has 2 atom stereocenters. The first kappa shape index (κ1) is 13.2. The van der Waals surface area contributed by atoms with Gasteiger partial charge in [0, 0.05) is 25.0 Å². The zero-order valence-electron chi connectivity index (χ0n) is 11.0. The van der Waals surface area contributed by atoms with E-state index in [0.717, 1.165) is 25.7 Å². The van der Waals surface area contributed by atoms with Crippen LogP contribution in [0.1, 0.15) is 39.0 Å². The van der Waals surface area contributed by atoms with E-state index < -0.39 is 0 Å². The third-order valence-electron chi connectivity index (χ3n) is 3.84. The molecule has 5 heteroatoms. The zero-order valence-corrected chi connectivity index (χ0v) is 11.0. The molecule has 102 valence electrons. The second-order valence-electron chi connectivity index (χ2n) is 5.49. The smallest absolute Gasteiger partial charge is 0.315 e. The van der Waals surface area contributed by atoms with Gasteiger partial charge < -0.3 is 16.0 Å². The van der Waals surface area contributed by atoms with E-state index in [1.807, 2.05) is 0 Å². The second-order valence-corrected chi connectivity index (χ2v) is 5.49. The topological polar surface area (TPSA) is 70.2 Å². The maximum atomic E-state index is 11.5. The molecule has 2 aliphatic carbocycles. The summed E-state index contributed by atoms with van der Waals surface area (Å²) in [5, 5.41) is 8.61. The summed E-state index contributed by atoms with van der Waals surface area (Å²) in [6, 6.07) is 0.276. The lowest BCUT2D eigenvalue weighted by Gasteiger charge is -2.23. The molecule has 2 saturated carbocycles. The van der Waals surface area contributed by atoms with Crippen molar-refractivity contribution >= 4 is 11.9 Å². The van der Waals surface area contributed by atoms with Crippen molar-refractivity contribution in [3.8, 4) is 0 Å². The first-order valence-electron chi connectivity index (χ1n) is 6.99. The van der Waals surface area contributed by atoms with Gasteiger partial charge in [-0.3, -0.25) is 4.79 Å². The van der Waals surface area contributed by atoms with Gasteiger partial charge in [-0.2, -0.15) is 0 Å². The molecule has 2 rings (SSSR count). The Labute approximate surface area is 108 Å². The summed E-state index contributed by atoms with van der Waals surface area (Å²) in [4.78, 5) is 22.9. The fraction of sp³-hybridized carbons (Fsp3) is 0.846. The Hall–Kier alpha value is -1.26. The number of nitrogens with one attached hydrogen (secondary N) is 3. The molecule has 0 bridgehead atoms. The van der Waals surface area contributed by atoms with Gasteiger partial charge >= 0.3 is 6.03 Å². The highest BCUT2D eigenvalue weighted by molar-refractivity contribution is 5.79. The number of carbonyl (C=O) groups excluding carboxylic acids is 2. The quantitative estimate of drug-likeness (QED) is 0.618. The Morgan fingerprint density at radius 2 is 1.83 bits per heavy atom. The van der Waals surface area contributed by atoms with Crippen LogP contribution in [0.25, 0.3) is 0 Å². The predicted molar refractivity (Wildman–Crippen MR) is 69.1 cm³/mol. The van der Waals surface area contributed by atoms with Crippen LogP contribution in [0.3, 0.4) is 0 Å². The van der Waals surface area contributed by atoms with Gasteiger partial charge in [-0.15, -0.1) is 0 Å². The molecule has 0 spiro atoms. The molecule has 0 unspecified atom stereocenters. The summed E-state index contributed by atoms with van der Waals surface area (Å²) in [6.07, 6.45) is 5.12. The third-order valence-corrected chi connectivity index (χ3v) is 3.84. The van der Waals surface area contributed by atoms with Crippen molar-refractivity contribution in [3.63, 3.8) is 0 Å². The molecule has 3 N–H and O–H groups in total. The Balaban J connectivity index is 1.43. The van der Waals surface area contributed by atoms with E-state index in [4.69, 9.17) is 0 Å². The van der Waals surface area contributed by atoms with Crippen molar-refractivity contribution in [2.45, 2.75) is 45.1 Å². The van der Waals surface area contributed by atoms with Gasteiger partial charge in [0.25, 0.3) is 0 Å². The highest BCUT2D eigenvalue weighted by Gasteiger charge is 2.33. The number of rotatable bonds is 6. The number of amides is 3. The maximum Gasteiger partial charge on any atom is 0.315 e. The average molecular weight is 253 g/mol. The lowest BCUT2D eigenvalue weighted by molar-refractivity contribution is -0.127. The molecule has 0 aromatic heterocycles. The van der Waals surface area contributed by atoms with E-state index in [1.165, 1.54) is 6.42 Å². The first-order chi connectivity index (χ1) is 8.66. The third kappa shape index (κ3) is 3.89. The van der Waals surface area contributed by atoms with Crippen molar-refractivity contribution in [2.24, 2.45) is 11.8 Å². The predicted octanol–water partition coefficient (Wildman–Crippen LogP) is 1.00. The second kappa shape index (κ2) is 6.07. The number of urea groups is 1. The first-order valence-corrected chi connectivity index (χ1v) is 6.99. The van der Waals surface area contributed by atoms with Crippen molar-refractivity contribution in [2.75, 3.05) is 13.1 Å². The van der Waals surface area contributed by atoms with Crippen LogP contribution in [0, 0.1) is 11.8 Å². The largest absolute Gasteiger partial charge is 0.356 e. The molecule has 0 aromatic carbocycles. The molecule has 0 radical (unpaired) electrons. The van der Waals surface area contributed by atoms with Crippen molar-refractivity contribution in [3.05, 3.63) is 0 Å². The minimum atomic E-state index is -0.0883. The summed E-state index contributed by atoms with van der Waals surface area (Å²) >= 11 is 0. The fourth-order valence-electron chi connectivity index (χ4n) is 2.06. The van der Waals surface area contributed by atoms with E-state index in [9.17, 15) is 9.59 Å². The Bertz CT molecular complexity index is 315. The van der Waals surface area contributed by atoms with Gasteiger partial charge in [0.15, 0.2) is 0 Å². The molecular formula is C13H23N3O2. The van der Waals surface area contributed by atoms with Crippen LogP contribution >= 0.6 is 0 Å². The zero-order chi connectivity index (χ0) is 13.0. The van der Waals surface area contributed by atoms with Crippen LogP contribution < -0.4 is 16.0 Å². The molecule has 2 fully saturated rings. The fourth-order valence-corrected chi connectivity index (χ4v) is 2.06. The SMILES string of the molecule is C[C@@H]1C[C@@H]1NC(=O)NCCCNC(=O)C1CCC1. The van der Waals surface area contributed by atoms with Gasteiger partial charge in [0.1, 0.15) is 0 Å². The van der Waals surface area contributed by atoms with Gasteiger partial charge in [0.05, 0.1) is 0 Å². The number of hydrogen-bond donors (Lipinski definition) is 3. The van der Waals surface area contributed by atoms with E-state index in [0.29, 0.717) is 25.0 Å². The number of carbonyl (C=O) groups is 2. The van der Waals surface area contributed by atoms with Gasteiger partial charge in [-0.25, -0.2) is 4.79 Å². The van der Waals surface area contributed by atoms with Gasteiger partial charge in [-0.05, 0) is 31.6 Å². The molecule has 5 nitrogen and oxygen atoms in total. The standard InChI is InChI=1S/C13H23N3O2/c1-9-8-11(9)16-13(18)15-7-3-6-14-12(17)10-4-2-5-10/h9-11H,2-8H2,1H3,(H,14,17)(H2,15,16,18)/t9-,11+/m1/s1. The molecule has 18 heavy (non-hydrogen) atoms. The van der Waals surface area contributed by atoms with Crippen LogP contribution in [0.2, 0.25) is 0 Å². The summed E-state index contributed by atoms with van der Waals surface area (Å²) < 4.78 is 0. The molecular weight excluding hydrogens is 230 g/mol. The maximum absolute atomic E-state index is 11.5. The van der Waals surface area contributed by atoms with Gasteiger partial charge in [0.2, 0.25) is 5.91 Å². The Morgan fingerprint density at radius 3 is 2.39 bits per heavy atom. The van der Waals surface area contributed by atoms with Crippen LogP contribution in [0.15, 0.2) is 0 Å². The van der Waals surface area contributed by atoms with Crippen LogP contribution in [-0.2, 0) is 4.79 Å². The van der Waals surface area contributed by atoms with Crippen LogP contribution in [-0.4, -0.2) is 31.1 Å². The Kier molecular flexibility index (Phi) is 4.44. The highest BCUT2D eigenvalue weighted by atomic mass is 16.2. The summed E-state index contributed by atoms with van der Waals surface area (Å²) in [5.74, 6) is 1.05. The van der Waals surface area contributed by atoms with Gasteiger partial charge in [-0.1, -0.05) is 13.3 Å².